The van der Waals surface area contributed by atoms with Gasteiger partial charge in [-0.2, -0.15) is 0 Å². The lowest BCUT2D eigenvalue weighted by atomic mass is 9.82. The van der Waals surface area contributed by atoms with Gasteiger partial charge in [0.1, 0.15) is 5.60 Å². The van der Waals surface area contributed by atoms with Gasteiger partial charge in [0.25, 0.3) is 0 Å². The van der Waals surface area contributed by atoms with Crippen LogP contribution in [0.4, 0.5) is 0 Å². The molecule has 0 radical (unpaired) electrons. The van der Waals surface area contributed by atoms with Crippen molar-refractivity contribution >= 4 is 5.78 Å². The van der Waals surface area contributed by atoms with E-state index in [1.807, 2.05) is 13.8 Å². The lowest BCUT2D eigenvalue weighted by molar-refractivity contribution is -0.138. The third-order valence-electron chi connectivity index (χ3n) is 4.51. The molecule has 0 spiro atoms. The molecule has 2 bridgehead atoms. The number of ether oxygens (including phenoxy) is 1. The predicted molar refractivity (Wildman–Crippen MR) is 59.7 cm³/mol. The van der Waals surface area contributed by atoms with Gasteiger partial charge < -0.3 is 4.74 Å². The molecule has 2 fully saturated rings. The minimum atomic E-state index is -0.582. The van der Waals surface area contributed by atoms with E-state index in [-0.39, 0.29) is 5.78 Å². The average Bonchev–Trinajstić information content (AvgIpc) is 2.79. The normalized spacial score (nSPS) is 34.7. The van der Waals surface area contributed by atoms with Crippen LogP contribution < -0.4 is 0 Å². The van der Waals surface area contributed by atoms with Gasteiger partial charge in [0, 0.05) is 13.5 Å². The van der Waals surface area contributed by atoms with Crippen LogP contribution >= 0.6 is 0 Å². The van der Waals surface area contributed by atoms with Crippen molar-refractivity contribution in [1.82, 2.24) is 0 Å². The van der Waals surface area contributed by atoms with E-state index in [2.05, 4.69) is 0 Å². The number of hydrogen-bond acceptors (Lipinski definition) is 2. The molecule has 0 aliphatic heterocycles. The maximum Gasteiger partial charge on any atom is 0.164 e. The van der Waals surface area contributed by atoms with Gasteiger partial charge in [0.15, 0.2) is 5.78 Å². The molecule has 2 aliphatic rings. The summed E-state index contributed by atoms with van der Waals surface area (Å²) in [5.74, 6) is 2.71. The van der Waals surface area contributed by atoms with Crippen LogP contribution in [-0.4, -0.2) is 18.5 Å². The van der Waals surface area contributed by atoms with Crippen molar-refractivity contribution in [2.75, 3.05) is 7.11 Å². The Morgan fingerprint density at radius 2 is 2.07 bits per heavy atom. The summed E-state index contributed by atoms with van der Waals surface area (Å²) in [5.41, 5.74) is -0.582. The van der Waals surface area contributed by atoms with Crippen molar-refractivity contribution in [3.8, 4) is 0 Å². The Labute approximate surface area is 92.4 Å². The van der Waals surface area contributed by atoms with Crippen molar-refractivity contribution in [2.24, 2.45) is 17.8 Å². The number of fused-ring (bicyclic) bond motifs is 2. The minimum absolute atomic E-state index is 0.280. The van der Waals surface area contributed by atoms with E-state index in [0.29, 0.717) is 5.92 Å². The van der Waals surface area contributed by atoms with Crippen molar-refractivity contribution in [1.29, 1.82) is 0 Å². The molecule has 0 amide bonds. The fourth-order valence-electron chi connectivity index (χ4n) is 3.22. The third-order valence-corrected chi connectivity index (χ3v) is 4.51. The number of rotatable bonds is 4. The van der Waals surface area contributed by atoms with E-state index in [4.69, 9.17) is 4.74 Å². The summed E-state index contributed by atoms with van der Waals surface area (Å²) < 4.78 is 5.24. The number of ketones is 1. The van der Waals surface area contributed by atoms with Gasteiger partial charge in [-0.25, -0.2) is 0 Å². The molecule has 15 heavy (non-hydrogen) atoms. The van der Waals surface area contributed by atoms with Crippen LogP contribution in [-0.2, 0) is 9.53 Å². The molecule has 2 heteroatoms. The number of carbonyl (C=O) groups is 1. The van der Waals surface area contributed by atoms with Crippen LogP contribution in [0.1, 0.15) is 46.0 Å². The van der Waals surface area contributed by atoms with Gasteiger partial charge in [0.05, 0.1) is 0 Å². The van der Waals surface area contributed by atoms with E-state index in [1.165, 1.54) is 25.7 Å². The molecule has 0 aromatic rings. The summed E-state index contributed by atoms with van der Waals surface area (Å²) >= 11 is 0. The van der Waals surface area contributed by atoms with E-state index in [1.54, 1.807) is 7.11 Å². The topological polar surface area (TPSA) is 26.3 Å². The zero-order chi connectivity index (χ0) is 11.1. The molecule has 3 unspecified atom stereocenters. The first kappa shape index (κ1) is 11.1. The van der Waals surface area contributed by atoms with Crippen LogP contribution in [0, 0.1) is 17.8 Å². The zero-order valence-electron chi connectivity index (χ0n) is 10.1. The van der Waals surface area contributed by atoms with Gasteiger partial charge in [-0.15, -0.1) is 0 Å². The highest BCUT2D eigenvalue weighted by Gasteiger charge is 2.41. The van der Waals surface area contributed by atoms with Gasteiger partial charge in [0.2, 0.25) is 0 Å². The van der Waals surface area contributed by atoms with Crippen LogP contribution in [0.3, 0.4) is 0 Å². The maximum absolute atomic E-state index is 12.0. The molecule has 0 saturated heterocycles. The molecule has 0 aromatic carbocycles. The van der Waals surface area contributed by atoms with Gasteiger partial charge in [-0.05, 0) is 50.9 Å². The Balaban J connectivity index is 1.90. The highest BCUT2D eigenvalue weighted by Crippen LogP contribution is 2.49. The first-order valence-corrected chi connectivity index (χ1v) is 6.11. The Kier molecular flexibility index (Phi) is 2.89. The highest BCUT2D eigenvalue weighted by molar-refractivity contribution is 5.86. The van der Waals surface area contributed by atoms with Crippen molar-refractivity contribution in [3.05, 3.63) is 0 Å². The van der Waals surface area contributed by atoms with Crippen LogP contribution in [0.5, 0.6) is 0 Å². The Morgan fingerprint density at radius 1 is 1.33 bits per heavy atom. The fourth-order valence-corrected chi connectivity index (χ4v) is 3.22. The van der Waals surface area contributed by atoms with Crippen molar-refractivity contribution < 1.29 is 9.53 Å². The summed E-state index contributed by atoms with van der Waals surface area (Å²) in [7, 11) is 1.62. The van der Waals surface area contributed by atoms with E-state index >= 15 is 0 Å². The lowest BCUT2D eigenvalue weighted by Crippen LogP contribution is -2.35. The monoisotopic (exact) mass is 210 g/mol. The molecule has 2 aliphatic carbocycles. The van der Waals surface area contributed by atoms with E-state index in [0.717, 1.165) is 18.3 Å². The first-order valence-electron chi connectivity index (χ1n) is 6.11. The van der Waals surface area contributed by atoms with E-state index in [9.17, 15) is 4.79 Å². The summed E-state index contributed by atoms with van der Waals surface area (Å²) in [6.07, 6.45) is 6.17. The van der Waals surface area contributed by atoms with E-state index < -0.39 is 5.60 Å². The van der Waals surface area contributed by atoms with Gasteiger partial charge in [-0.1, -0.05) is 6.42 Å². The highest BCUT2D eigenvalue weighted by atomic mass is 16.5. The zero-order valence-corrected chi connectivity index (χ0v) is 10.1. The molecule has 3 atom stereocenters. The average molecular weight is 210 g/mol. The molecule has 86 valence electrons. The summed E-state index contributed by atoms with van der Waals surface area (Å²) in [6, 6.07) is 0. The number of Topliss-reactive ketones (excluding diaryl/α,β-unsaturated/α-hetero) is 1. The van der Waals surface area contributed by atoms with Crippen LogP contribution in [0.15, 0.2) is 0 Å². The Bertz CT molecular complexity index is 257. The first-order chi connectivity index (χ1) is 7.03. The van der Waals surface area contributed by atoms with Crippen LogP contribution in [0.25, 0.3) is 0 Å². The summed E-state index contributed by atoms with van der Waals surface area (Å²) in [6.45, 7) is 3.76. The molecule has 2 rings (SSSR count). The summed E-state index contributed by atoms with van der Waals surface area (Å²) in [5, 5.41) is 0. The second kappa shape index (κ2) is 3.89. The van der Waals surface area contributed by atoms with Crippen LogP contribution in [0.2, 0.25) is 0 Å². The van der Waals surface area contributed by atoms with Gasteiger partial charge in [-0.3, -0.25) is 4.79 Å². The minimum Gasteiger partial charge on any atom is -0.371 e. The molecular weight excluding hydrogens is 188 g/mol. The molecule has 0 N–H and O–H groups in total. The smallest absolute Gasteiger partial charge is 0.164 e. The van der Waals surface area contributed by atoms with Crippen molar-refractivity contribution in [3.63, 3.8) is 0 Å². The quantitative estimate of drug-likeness (QED) is 0.713. The summed E-state index contributed by atoms with van der Waals surface area (Å²) in [4.78, 5) is 12.0. The second-order valence-electron chi connectivity index (χ2n) is 5.78. The predicted octanol–water partition coefficient (Wildman–Crippen LogP) is 2.81. The number of carbonyl (C=O) groups excluding carboxylic acids is 1. The van der Waals surface area contributed by atoms with Crippen molar-refractivity contribution in [2.45, 2.75) is 51.6 Å². The number of hydrogen-bond donors (Lipinski definition) is 0. The standard InChI is InChI=1S/C13H22O2/c1-13(2,15-3)12(14)8-11-7-9-4-5-10(11)6-9/h9-11H,4-8H2,1-3H3. The third kappa shape index (κ3) is 2.10. The van der Waals surface area contributed by atoms with Gasteiger partial charge >= 0.3 is 0 Å². The Morgan fingerprint density at radius 3 is 2.53 bits per heavy atom. The Hall–Kier alpha value is -0.370. The molecule has 2 saturated carbocycles. The lowest BCUT2D eigenvalue weighted by Gasteiger charge is -2.26. The molecule has 0 heterocycles. The second-order valence-corrected chi connectivity index (χ2v) is 5.78. The largest absolute Gasteiger partial charge is 0.371 e. The SMILES string of the molecule is COC(C)(C)C(=O)CC1CC2CCC1C2. The molecule has 2 nitrogen and oxygen atoms in total. The fraction of sp³-hybridized carbons (Fsp3) is 0.923. The number of methoxy groups -OCH3 is 1. The molecular formula is C13H22O2. The maximum atomic E-state index is 12.0. The molecule has 0 aromatic heterocycles.